The molecule has 0 saturated heterocycles. The molecule has 0 aromatic carbocycles. The van der Waals surface area contributed by atoms with Crippen molar-refractivity contribution in [3.8, 4) is 0 Å². The van der Waals surface area contributed by atoms with Gasteiger partial charge in [-0.3, -0.25) is 13.8 Å². The molecular weight excluding hydrogens is 876 g/mol. The molecule has 1 amide bonds. The van der Waals surface area contributed by atoms with Gasteiger partial charge in [-0.15, -0.1) is 0 Å². The fourth-order valence-corrected chi connectivity index (χ4v) is 8.64. The lowest BCUT2D eigenvalue weighted by Crippen LogP contribution is -2.45. The molecule has 0 aliphatic carbocycles. The van der Waals surface area contributed by atoms with E-state index in [0.29, 0.717) is 23.9 Å². The summed E-state index contributed by atoms with van der Waals surface area (Å²) in [5.74, 6) is -0.219. The Morgan fingerprint density at radius 1 is 0.507 bits per heavy atom. The molecule has 69 heavy (non-hydrogen) atoms. The number of rotatable bonds is 51. The molecule has 0 radical (unpaired) electrons. The van der Waals surface area contributed by atoms with Gasteiger partial charge in [-0.2, -0.15) is 0 Å². The molecule has 0 aromatic rings. The van der Waals surface area contributed by atoms with Crippen LogP contribution < -0.4 is 5.32 Å². The minimum atomic E-state index is -4.37. The van der Waals surface area contributed by atoms with E-state index in [1.165, 1.54) is 141 Å². The quantitative estimate of drug-likeness (QED) is 0.0243. The second kappa shape index (κ2) is 50.6. The number of aliphatic hydroxyl groups excluding tert-OH is 1. The first kappa shape index (κ1) is 66.7. The van der Waals surface area contributed by atoms with E-state index in [2.05, 4.69) is 92.1 Å². The number of amides is 1. The van der Waals surface area contributed by atoms with Crippen molar-refractivity contribution in [3.63, 3.8) is 0 Å². The van der Waals surface area contributed by atoms with E-state index < -0.39 is 20.0 Å². The standard InChI is InChI=1S/C60H109N2O6P/c1-6-8-10-12-14-16-18-20-22-24-26-27-28-29-30-31-32-33-34-36-37-39-41-43-45-47-49-51-53-59(63)58(57-68-69(65,66)67-56-55-62(3,4)5)61-60(64)54-52-50-48-46-44-42-40-38-35-25-23-21-19-17-15-13-11-9-7-2/h9,11,15,17,21,23,35,38,42-45,51,53,58-59,63H,6-8,10,12-14,16,18-20,22,24-34,36-37,39-41,46-50,52,54-57H2,1-5H3,(H-,61,64,65,66)/p+1/b11-9-,17-15-,23-21-,38-35-,44-42-,45-43+,53-51+. The van der Waals surface area contributed by atoms with Gasteiger partial charge in [0.2, 0.25) is 5.91 Å². The summed E-state index contributed by atoms with van der Waals surface area (Å²) < 4.78 is 23.7. The molecule has 0 rings (SSSR count). The van der Waals surface area contributed by atoms with E-state index in [1.807, 2.05) is 27.2 Å². The van der Waals surface area contributed by atoms with Gasteiger partial charge in [0.05, 0.1) is 39.9 Å². The van der Waals surface area contributed by atoms with Gasteiger partial charge in [0.15, 0.2) is 0 Å². The number of carbonyl (C=O) groups excluding carboxylic acids is 1. The number of carbonyl (C=O) groups is 1. The van der Waals surface area contributed by atoms with Gasteiger partial charge in [0.1, 0.15) is 13.2 Å². The van der Waals surface area contributed by atoms with Crippen LogP contribution in [0.5, 0.6) is 0 Å². The minimum absolute atomic E-state index is 0.0452. The average Bonchev–Trinajstić information content (AvgIpc) is 3.31. The van der Waals surface area contributed by atoms with Gasteiger partial charge in [0, 0.05) is 6.42 Å². The van der Waals surface area contributed by atoms with Crippen molar-refractivity contribution in [2.24, 2.45) is 0 Å². The average molecular weight is 987 g/mol. The fraction of sp³-hybridized carbons (Fsp3) is 0.750. The van der Waals surface area contributed by atoms with Gasteiger partial charge < -0.3 is 19.8 Å². The first-order valence-electron chi connectivity index (χ1n) is 28.5. The Labute approximate surface area is 426 Å². The Morgan fingerprint density at radius 2 is 0.884 bits per heavy atom. The first-order chi connectivity index (χ1) is 33.5. The Bertz CT molecular complexity index is 1400. The lowest BCUT2D eigenvalue weighted by Gasteiger charge is -2.25. The van der Waals surface area contributed by atoms with Crippen LogP contribution in [0.3, 0.4) is 0 Å². The first-order valence-corrected chi connectivity index (χ1v) is 30.0. The van der Waals surface area contributed by atoms with Gasteiger partial charge in [-0.05, 0) is 77.0 Å². The van der Waals surface area contributed by atoms with Crippen LogP contribution in [-0.2, 0) is 18.4 Å². The van der Waals surface area contributed by atoms with Gasteiger partial charge >= 0.3 is 7.82 Å². The number of phosphoric ester groups is 1. The maximum Gasteiger partial charge on any atom is 0.472 e. The summed E-state index contributed by atoms with van der Waals surface area (Å²) in [6.07, 6.45) is 71.3. The highest BCUT2D eigenvalue weighted by Crippen LogP contribution is 2.43. The Hall–Kier alpha value is -2.32. The Morgan fingerprint density at radius 3 is 1.33 bits per heavy atom. The van der Waals surface area contributed by atoms with Crippen molar-refractivity contribution in [2.75, 3.05) is 40.9 Å². The van der Waals surface area contributed by atoms with Gasteiger partial charge in [0.25, 0.3) is 0 Å². The zero-order chi connectivity index (χ0) is 50.6. The number of phosphoric acid groups is 1. The van der Waals surface area contributed by atoms with E-state index in [9.17, 15) is 19.4 Å². The number of unbranched alkanes of at least 4 members (excludes halogenated alkanes) is 26. The number of aliphatic hydroxyl groups is 1. The number of allylic oxidation sites excluding steroid dienone is 13. The highest BCUT2D eigenvalue weighted by Gasteiger charge is 2.27. The molecule has 3 N–H and O–H groups in total. The SMILES string of the molecule is CC/C=C\C/C=C\C/C=C\C/C=C\C/C=C\CCCCCC(=O)NC(COP(=O)(O)OCC[N+](C)(C)C)C(O)/C=C/CC/C=C/CCCCCCCCCCCCCCCCCCCCCCCC. The van der Waals surface area contributed by atoms with Crippen LogP contribution in [0.4, 0.5) is 0 Å². The molecule has 400 valence electrons. The molecule has 8 nitrogen and oxygen atoms in total. The highest BCUT2D eigenvalue weighted by molar-refractivity contribution is 7.47. The molecule has 3 atom stereocenters. The van der Waals surface area contributed by atoms with Crippen LogP contribution in [0.1, 0.15) is 239 Å². The maximum atomic E-state index is 12.9. The van der Waals surface area contributed by atoms with Crippen molar-refractivity contribution >= 4 is 13.7 Å². The van der Waals surface area contributed by atoms with Crippen LogP contribution in [0.25, 0.3) is 0 Å². The molecule has 0 bridgehead atoms. The third-order valence-electron chi connectivity index (χ3n) is 12.3. The molecule has 0 saturated carbocycles. The summed E-state index contributed by atoms with van der Waals surface area (Å²) >= 11 is 0. The van der Waals surface area contributed by atoms with Crippen LogP contribution in [0.2, 0.25) is 0 Å². The highest BCUT2D eigenvalue weighted by atomic mass is 31.2. The predicted octanol–water partition coefficient (Wildman–Crippen LogP) is 17.3. The number of nitrogens with zero attached hydrogens (tertiary/aromatic N) is 1. The van der Waals surface area contributed by atoms with E-state index in [0.717, 1.165) is 70.6 Å². The Kier molecular flexibility index (Phi) is 48.9. The molecule has 0 aliphatic heterocycles. The van der Waals surface area contributed by atoms with Crippen molar-refractivity contribution in [2.45, 2.75) is 251 Å². The number of nitrogens with one attached hydrogen (secondary N) is 1. The van der Waals surface area contributed by atoms with Crippen LogP contribution in [0.15, 0.2) is 85.1 Å². The van der Waals surface area contributed by atoms with E-state index in [-0.39, 0.29) is 19.1 Å². The lowest BCUT2D eigenvalue weighted by molar-refractivity contribution is -0.870. The molecule has 0 heterocycles. The topological polar surface area (TPSA) is 105 Å². The normalized spacial score (nSPS) is 14.6. The molecule has 0 aromatic heterocycles. The number of hydrogen-bond acceptors (Lipinski definition) is 5. The van der Waals surface area contributed by atoms with E-state index in [1.54, 1.807) is 6.08 Å². The maximum absolute atomic E-state index is 12.9. The van der Waals surface area contributed by atoms with Gasteiger partial charge in [-0.25, -0.2) is 4.57 Å². The van der Waals surface area contributed by atoms with Crippen LogP contribution in [0, 0.1) is 0 Å². The monoisotopic (exact) mass is 986 g/mol. The molecular formula is C60H110N2O6P+. The lowest BCUT2D eigenvalue weighted by atomic mass is 10.0. The minimum Gasteiger partial charge on any atom is -0.387 e. The smallest absolute Gasteiger partial charge is 0.387 e. The molecule has 3 unspecified atom stereocenters. The second-order valence-electron chi connectivity index (χ2n) is 20.3. The van der Waals surface area contributed by atoms with Crippen molar-refractivity contribution in [1.82, 2.24) is 5.32 Å². The zero-order valence-corrected chi connectivity index (χ0v) is 46.4. The van der Waals surface area contributed by atoms with Crippen molar-refractivity contribution in [1.29, 1.82) is 0 Å². The fourth-order valence-electron chi connectivity index (χ4n) is 7.91. The summed E-state index contributed by atoms with van der Waals surface area (Å²) in [7, 11) is 1.52. The molecule has 0 fully saturated rings. The summed E-state index contributed by atoms with van der Waals surface area (Å²) in [5, 5.41) is 13.9. The largest absolute Gasteiger partial charge is 0.472 e. The summed E-state index contributed by atoms with van der Waals surface area (Å²) in [6, 6.07) is -0.887. The summed E-state index contributed by atoms with van der Waals surface area (Å²) in [4.78, 5) is 23.3. The molecule has 0 spiro atoms. The Balaban J connectivity index is 4.30. The van der Waals surface area contributed by atoms with E-state index in [4.69, 9.17) is 9.05 Å². The third-order valence-corrected chi connectivity index (χ3v) is 13.3. The third kappa shape index (κ3) is 53.3. The zero-order valence-electron chi connectivity index (χ0n) is 45.5. The summed E-state index contributed by atoms with van der Waals surface area (Å²) in [5.41, 5.74) is 0. The summed E-state index contributed by atoms with van der Waals surface area (Å²) in [6.45, 7) is 4.66. The van der Waals surface area contributed by atoms with Crippen LogP contribution >= 0.6 is 7.82 Å². The molecule has 0 aliphatic rings. The van der Waals surface area contributed by atoms with Crippen LogP contribution in [-0.4, -0.2) is 73.4 Å². The van der Waals surface area contributed by atoms with Gasteiger partial charge in [-0.1, -0.05) is 240 Å². The van der Waals surface area contributed by atoms with E-state index >= 15 is 0 Å². The van der Waals surface area contributed by atoms with Crippen molar-refractivity contribution < 1.29 is 32.9 Å². The number of likely N-dealkylation sites (N-methyl/N-ethyl adjacent to an activating group) is 1. The molecule has 9 heteroatoms. The predicted molar refractivity (Wildman–Crippen MR) is 299 cm³/mol. The van der Waals surface area contributed by atoms with Crippen molar-refractivity contribution in [3.05, 3.63) is 85.1 Å². The second-order valence-corrected chi connectivity index (χ2v) is 21.7. The number of hydrogen-bond donors (Lipinski definition) is 3. The number of quaternary nitrogens is 1.